The third kappa shape index (κ3) is 5.32. The fraction of sp³-hybridized carbons (Fsp3) is 0.125. The first-order chi connectivity index (χ1) is 8.95. The van der Waals surface area contributed by atoms with Crippen LogP contribution in [0.4, 0.5) is 0 Å². The second-order valence-corrected chi connectivity index (χ2v) is 3.76. The number of epoxide rings is 1. The van der Waals surface area contributed by atoms with E-state index in [1.807, 2.05) is 66.7 Å². The van der Waals surface area contributed by atoms with Gasteiger partial charge >= 0.3 is 0 Å². The quantitative estimate of drug-likeness (QED) is 0.602. The fourth-order valence-electron chi connectivity index (χ4n) is 1.25. The van der Waals surface area contributed by atoms with Crippen molar-refractivity contribution in [1.29, 1.82) is 0 Å². The van der Waals surface area contributed by atoms with E-state index in [4.69, 9.17) is 4.74 Å². The third-order valence-electron chi connectivity index (χ3n) is 2.21. The zero-order valence-corrected chi connectivity index (χ0v) is 10.2. The molecule has 0 bridgehead atoms. The van der Waals surface area contributed by atoms with Gasteiger partial charge in [-0.05, 0) is 23.8 Å². The van der Waals surface area contributed by atoms with Gasteiger partial charge in [-0.15, -0.1) is 0 Å². The Kier molecular flexibility index (Phi) is 5.03. The molecule has 2 aromatic rings. The van der Waals surface area contributed by atoms with E-state index in [0.29, 0.717) is 0 Å². The Morgan fingerprint density at radius 3 is 1.94 bits per heavy atom. The molecule has 0 amide bonds. The summed E-state index contributed by atoms with van der Waals surface area (Å²) in [6, 6.07) is 19.8. The molecule has 0 aliphatic carbocycles. The average molecular weight is 240 g/mol. The minimum atomic E-state index is 0.852. The summed E-state index contributed by atoms with van der Waals surface area (Å²) in [4.78, 5) is 0. The van der Waals surface area contributed by atoms with Crippen molar-refractivity contribution in [3.05, 3.63) is 72.5 Å². The van der Waals surface area contributed by atoms with Crippen molar-refractivity contribution in [2.45, 2.75) is 0 Å². The van der Waals surface area contributed by atoms with Crippen LogP contribution in [0.15, 0.2) is 66.9 Å². The van der Waals surface area contributed by atoms with Crippen LogP contribution in [0.1, 0.15) is 5.56 Å². The molecule has 1 saturated heterocycles. The zero-order chi connectivity index (χ0) is 12.5. The van der Waals surface area contributed by atoms with Gasteiger partial charge < -0.3 is 9.47 Å². The summed E-state index contributed by atoms with van der Waals surface area (Å²) in [5.74, 6) is 0.852. The molecule has 2 aromatic carbocycles. The van der Waals surface area contributed by atoms with Crippen molar-refractivity contribution < 1.29 is 9.47 Å². The third-order valence-corrected chi connectivity index (χ3v) is 2.21. The van der Waals surface area contributed by atoms with Crippen LogP contribution in [-0.2, 0) is 4.74 Å². The van der Waals surface area contributed by atoms with Gasteiger partial charge in [0.25, 0.3) is 0 Å². The predicted octanol–water partition coefficient (Wildman–Crippen LogP) is 3.75. The van der Waals surface area contributed by atoms with Crippen LogP contribution in [0.5, 0.6) is 5.75 Å². The van der Waals surface area contributed by atoms with E-state index in [0.717, 1.165) is 24.5 Å². The van der Waals surface area contributed by atoms with Gasteiger partial charge in [-0.1, -0.05) is 48.5 Å². The van der Waals surface area contributed by atoms with Crippen molar-refractivity contribution in [2.75, 3.05) is 13.2 Å². The molecule has 1 aliphatic rings. The van der Waals surface area contributed by atoms with Gasteiger partial charge in [0.15, 0.2) is 0 Å². The Balaban J connectivity index is 0.000000350. The average Bonchev–Trinajstić information content (AvgIpc) is 3.29. The van der Waals surface area contributed by atoms with Crippen LogP contribution in [-0.4, -0.2) is 13.2 Å². The Labute approximate surface area is 107 Å². The number of ether oxygens (including phenoxy) is 2. The molecular weight excluding hydrogens is 224 g/mol. The summed E-state index contributed by atoms with van der Waals surface area (Å²) in [6.45, 7) is 2.00. The molecule has 0 unspecified atom stereocenters. The molecule has 0 aromatic heterocycles. The van der Waals surface area contributed by atoms with Crippen molar-refractivity contribution in [3.63, 3.8) is 0 Å². The molecule has 1 aliphatic heterocycles. The second kappa shape index (κ2) is 7.30. The van der Waals surface area contributed by atoms with Crippen molar-refractivity contribution >= 4 is 6.08 Å². The van der Waals surface area contributed by atoms with Crippen LogP contribution in [0.3, 0.4) is 0 Å². The standard InChI is InChI=1S/C14H12O.C2H4O/c1-3-7-13(8-4-1)11-12-15-14-9-5-2-6-10-14;1-2-3-1/h1-12H;1-2H2. The maximum Gasteiger partial charge on any atom is 0.126 e. The normalized spacial score (nSPS) is 12.7. The zero-order valence-electron chi connectivity index (χ0n) is 10.2. The van der Waals surface area contributed by atoms with E-state index < -0.39 is 0 Å². The molecular formula is C16H16O2. The van der Waals surface area contributed by atoms with Crippen LogP contribution in [0.25, 0.3) is 6.08 Å². The predicted molar refractivity (Wildman–Crippen MR) is 73.4 cm³/mol. The topological polar surface area (TPSA) is 21.8 Å². The summed E-state index contributed by atoms with van der Waals surface area (Å²) >= 11 is 0. The van der Waals surface area contributed by atoms with Gasteiger partial charge in [-0.25, -0.2) is 0 Å². The molecule has 0 saturated carbocycles. The lowest BCUT2D eigenvalue weighted by molar-refractivity contribution is 0.475. The Bertz CT molecular complexity index is 458. The second-order valence-electron chi connectivity index (χ2n) is 3.76. The highest BCUT2D eigenvalue weighted by atomic mass is 16.6. The molecule has 0 N–H and O–H groups in total. The summed E-state index contributed by atoms with van der Waals surface area (Å²) < 4.78 is 9.93. The smallest absolute Gasteiger partial charge is 0.126 e. The van der Waals surface area contributed by atoms with E-state index in [9.17, 15) is 0 Å². The van der Waals surface area contributed by atoms with Crippen LogP contribution < -0.4 is 4.74 Å². The van der Waals surface area contributed by atoms with Gasteiger partial charge in [0.1, 0.15) is 5.75 Å². The molecule has 18 heavy (non-hydrogen) atoms. The van der Waals surface area contributed by atoms with Crippen molar-refractivity contribution in [3.8, 4) is 5.75 Å². The van der Waals surface area contributed by atoms with E-state index in [2.05, 4.69) is 4.74 Å². The molecule has 92 valence electrons. The van der Waals surface area contributed by atoms with Gasteiger partial charge in [0.05, 0.1) is 19.5 Å². The minimum Gasteiger partial charge on any atom is -0.465 e. The maximum atomic E-state index is 5.43. The number of para-hydroxylation sites is 1. The SMILES string of the molecule is C(=Cc1ccccc1)Oc1ccccc1.C1CO1. The summed E-state index contributed by atoms with van der Waals surface area (Å²) in [6.07, 6.45) is 3.64. The Morgan fingerprint density at radius 2 is 1.39 bits per heavy atom. The largest absolute Gasteiger partial charge is 0.465 e. The maximum absolute atomic E-state index is 5.43. The lowest BCUT2D eigenvalue weighted by Crippen LogP contribution is -1.80. The van der Waals surface area contributed by atoms with Crippen molar-refractivity contribution in [1.82, 2.24) is 0 Å². The lowest BCUT2D eigenvalue weighted by atomic mass is 10.2. The molecule has 1 fully saturated rings. The monoisotopic (exact) mass is 240 g/mol. The van der Waals surface area contributed by atoms with E-state index in [1.54, 1.807) is 6.26 Å². The van der Waals surface area contributed by atoms with E-state index >= 15 is 0 Å². The van der Waals surface area contributed by atoms with Gasteiger partial charge in [-0.3, -0.25) is 0 Å². The summed E-state index contributed by atoms with van der Waals surface area (Å²) in [5.41, 5.74) is 1.13. The summed E-state index contributed by atoms with van der Waals surface area (Å²) in [5, 5.41) is 0. The first kappa shape index (κ1) is 12.4. The fourth-order valence-corrected chi connectivity index (χ4v) is 1.25. The first-order valence-corrected chi connectivity index (χ1v) is 5.96. The minimum absolute atomic E-state index is 0.852. The van der Waals surface area contributed by atoms with Crippen LogP contribution >= 0.6 is 0 Å². The highest BCUT2D eigenvalue weighted by Gasteiger charge is 1.94. The number of benzene rings is 2. The van der Waals surface area contributed by atoms with E-state index in [1.165, 1.54) is 0 Å². The van der Waals surface area contributed by atoms with E-state index in [-0.39, 0.29) is 0 Å². The first-order valence-electron chi connectivity index (χ1n) is 5.96. The highest BCUT2D eigenvalue weighted by molar-refractivity contribution is 5.48. The van der Waals surface area contributed by atoms with Gasteiger partial charge in [-0.2, -0.15) is 0 Å². The number of rotatable bonds is 3. The highest BCUT2D eigenvalue weighted by Crippen LogP contribution is 2.09. The molecule has 0 atom stereocenters. The number of hydrogen-bond acceptors (Lipinski definition) is 2. The van der Waals surface area contributed by atoms with Crippen molar-refractivity contribution in [2.24, 2.45) is 0 Å². The molecule has 2 heteroatoms. The van der Waals surface area contributed by atoms with Gasteiger partial charge in [0.2, 0.25) is 0 Å². The van der Waals surface area contributed by atoms with Crippen LogP contribution in [0, 0.1) is 0 Å². The molecule has 0 radical (unpaired) electrons. The molecule has 2 nitrogen and oxygen atoms in total. The Morgan fingerprint density at radius 1 is 0.833 bits per heavy atom. The molecule has 0 spiro atoms. The number of hydrogen-bond donors (Lipinski definition) is 0. The molecule has 1 heterocycles. The summed E-state index contributed by atoms with van der Waals surface area (Å²) in [7, 11) is 0. The lowest BCUT2D eigenvalue weighted by Gasteiger charge is -1.98. The molecule has 3 rings (SSSR count). The van der Waals surface area contributed by atoms with Gasteiger partial charge in [0, 0.05) is 0 Å². The Hall–Kier alpha value is -2.06. The van der Waals surface area contributed by atoms with Crippen LogP contribution in [0.2, 0.25) is 0 Å².